The quantitative estimate of drug-likeness (QED) is 0.689. The molecule has 1 amide bonds. The molecule has 1 aromatic rings. The molecule has 5 heteroatoms. The number of nitrogens with one attached hydrogen (secondary N) is 1. The van der Waals surface area contributed by atoms with Crippen LogP contribution in [0.25, 0.3) is 0 Å². The highest BCUT2D eigenvalue weighted by Crippen LogP contribution is 2.04. The minimum Gasteiger partial charge on any atom is -0.397 e. The topological polar surface area (TPSA) is 88.2 Å². The second-order valence-corrected chi connectivity index (χ2v) is 4.36. The van der Waals surface area contributed by atoms with Crippen LogP contribution in [0.2, 0.25) is 0 Å². The van der Waals surface area contributed by atoms with E-state index in [1.165, 1.54) is 6.20 Å². The number of carbonyl (C=O) groups excluding carboxylic acids is 1. The number of nitrogen functional groups attached to an aromatic ring is 1. The fourth-order valence-electron chi connectivity index (χ4n) is 1.39. The molecule has 0 aliphatic rings. The van der Waals surface area contributed by atoms with Crippen LogP contribution < -0.4 is 11.1 Å². The number of anilines is 1. The Morgan fingerprint density at radius 2 is 2.24 bits per heavy atom. The molecule has 0 aromatic carbocycles. The number of rotatable bonds is 5. The second kappa shape index (κ2) is 6.20. The Morgan fingerprint density at radius 1 is 1.53 bits per heavy atom. The predicted molar refractivity (Wildman–Crippen MR) is 66.2 cm³/mol. The molecule has 0 aliphatic carbocycles. The molecular weight excluding hydrogens is 218 g/mol. The summed E-state index contributed by atoms with van der Waals surface area (Å²) in [6, 6.07) is 3.22. The van der Waals surface area contributed by atoms with Crippen LogP contribution in [0.15, 0.2) is 18.3 Å². The first-order valence-corrected chi connectivity index (χ1v) is 5.63. The van der Waals surface area contributed by atoms with Crippen molar-refractivity contribution in [1.82, 2.24) is 10.3 Å². The molecule has 17 heavy (non-hydrogen) atoms. The number of amides is 1. The highest BCUT2D eigenvalue weighted by atomic mass is 16.3. The molecule has 0 unspecified atom stereocenters. The highest BCUT2D eigenvalue weighted by Gasteiger charge is 2.15. The average Bonchev–Trinajstić information content (AvgIpc) is 2.28. The number of hydrogen-bond acceptors (Lipinski definition) is 4. The normalized spacial score (nSPS) is 12.5. The minimum absolute atomic E-state index is 0.0570. The first-order valence-electron chi connectivity index (χ1n) is 5.63. The zero-order valence-corrected chi connectivity index (χ0v) is 10.2. The first-order chi connectivity index (χ1) is 8.02. The number of hydrogen-bond donors (Lipinski definition) is 3. The molecule has 1 aromatic heterocycles. The third kappa shape index (κ3) is 4.40. The Kier molecular flexibility index (Phi) is 4.90. The van der Waals surface area contributed by atoms with E-state index in [9.17, 15) is 4.79 Å². The number of aliphatic hydroxyl groups is 1. The summed E-state index contributed by atoms with van der Waals surface area (Å²) in [6.45, 7) is 3.84. The largest absolute Gasteiger partial charge is 0.397 e. The van der Waals surface area contributed by atoms with Crippen molar-refractivity contribution in [2.24, 2.45) is 5.92 Å². The molecule has 4 N–H and O–H groups in total. The van der Waals surface area contributed by atoms with E-state index in [1.54, 1.807) is 12.1 Å². The Morgan fingerprint density at radius 3 is 2.71 bits per heavy atom. The fraction of sp³-hybridized carbons (Fsp3) is 0.500. The average molecular weight is 237 g/mol. The molecule has 5 nitrogen and oxygen atoms in total. The van der Waals surface area contributed by atoms with E-state index in [2.05, 4.69) is 10.3 Å². The van der Waals surface area contributed by atoms with Crippen LogP contribution in [0, 0.1) is 5.92 Å². The van der Waals surface area contributed by atoms with Crippen molar-refractivity contribution < 1.29 is 9.90 Å². The maximum Gasteiger partial charge on any atom is 0.226 e. The van der Waals surface area contributed by atoms with E-state index in [4.69, 9.17) is 10.8 Å². The van der Waals surface area contributed by atoms with Crippen molar-refractivity contribution in [1.29, 1.82) is 0 Å². The number of nitrogens with two attached hydrogens (primary N) is 1. The van der Waals surface area contributed by atoms with Crippen molar-refractivity contribution in [3.8, 4) is 0 Å². The van der Waals surface area contributed by atoms with Crippen LogP contribution in [0.5, 0.6) is 0 Å². The van der Waals surface area contributed by atoms with Gasteiger partial charge in [0.25, 0.3) is 0 Å². The maximum atomic E-state index is 11.7. The minimum atomic E-state index is -0.212. The summed E-state index contributed by atoms with van der Waals surface area (Å²) in [5, 5.41) is 11.9. The molecule has 0 bridgehead atoms. The van der Waals surface area contributed by atoms with E-state index in [-0.39, 0.29) is 30.9 Å². The number of carbonyl (C=O) groups is 1. The lowest BCUT2D eigenvalue weighted by Gasteiger charge is -2.19. The van der Waals surface area contributed by atoms with Gasteiger partial charge in [0.05, 0.1) is 31.0 Å². The smallest absolute Gasteiger partial charge is 0.226 e. The van der Waals surface area contributed by atoms with E-state index in [0.29, 0.717) is 11.4 Å². The van der Waals surface area contributed by atoms with Gasteiger partial charge in [0.2, 0.25) is 5.91 Å². The third-order valence-electron chi connectivity index (χ3n) is 2.54. The van der Waals surface area contributed by atoms with Gasteiger partial charge in [-0.15, -0.1) is 0 Å². The van der Waals surface area contributed by atoms with Gasteiger partial charge in [0.1, 0.15) is 0 Å². The highest BCUT2D eigenvalue weighted by molar-refractivity contribution is 5.78. The van der Waals surface area contributed by atoms with E-state index >= 15 is 0 Å². The molecule has 0 saturated heterocycles. The van der Waals surface area contributed by atoms with Gasteiger partial charge < -0.3 is 16.2 Å². The number of aliphatic hydroxyl groups excluding tert-OH is 1. The molecule has 0 aliphatic heterocycles. The Labute approximate surface area is 101 Å². The summed E-state index contributed by atoms with van der Waals surface area (Å²) in [5.74, 6) is 0.0540. The molecule has 1 atom stereocenters. The van der Waals surface area contributed by atoms with Gasteiger partial charge in [-0.3, -0.25) is 9.78 Å². The van der Waals surface area contributed by atoms with Crippen LogP contribution in [0.3, 0.4) is 0 Å². The van der Waals surface area contributed by atoms with Crippen molar-refractivity contribution in [2.45, 2.75) is 26.3 Å². The van der Waals surface area contributed by atoms with Gasteiger partial charge in [-0.25, -0.2) is 0 Å². The molecule has 94 valence electrons. The zero-order chi connectivity index (χ0) is 12.8. The summed E-state index contributed by atoms with van der Waals surface area (Å²) in [5.41, 5.74) is 6.74. The van der Waals surface area contributed by atoms with Crippen LogP contribution in [0.4, 0.5) is 5.69 Å². The molecule has 0 spiro atoms. The Bertz CT molecular complexity index is 363. The lowest BCUT2D eigenvalue weighted by Crippen LogP contribution is -2.41. The van der Waals surface area contributed by atoms with Crippen LogP contribution in [-0.2, 0) is 11.2 Å². The monoisotopic (exact) mass is 237 g/mol. The maximum absolute atomic E-state index is 11.7. The summed E-state index contributed by atoms with van der Waals surface area (Å²) in [6.07, 6.45) is 1.72. The summed E-state index contributed by atoms with van der Waals surface area (Å²) in [7, 11) is 0. The van der Waals surface area contributed by atoms with Gasteiger partial charge >= 0.3 is 0 Å². The lowest BCUT2D eigenvalue weighted by atomic mass is 10.1. The molecule has 0 saturated carbocycles. The standard InChI is InChI=1S/C12H19N3O2/c1-8(2)11(7-16)15-12(17)5-10-4-3-9(13)6-14-10/h3-4,6,8,11,16H,5,7,13H2,1-2H3,(H,15,17)/t11-/m1/s1. The second-order valence-electron chi connectivity index (χ2n) is 4.36. The Hall–Kier alpha value is -1.62. The molecule has 0 radical (unpaired) electrons. The van der Waals surface area contributed by atoms with Gasteiger partial charge in [-0.1, -0.05) is 13.8 Å². The number of aromatic nitrogens is 1. The first kappa shape index (κ1) is 13.4. The van der Waals surface area contributed by atoms with Gasteiger partial charge in [-0.05, 0) is 18.1 Å². The zero-order valence-electron chi connectivity index (χ0n) is 10.2. The fourth-order valence-corrected chi connectivity index (χ4v) is 1.39. The van der Waals surface area contributed by atoms with Crippen LogP contribution >= 0.6 is 0 Å². The lowest BCUT2D eigenvalue weighted by molar-refractivity contribution is -0.121. The number of nitrogens with zero attached hydrogens (tertiary/aromatic N) is 1. The van der Waals surface area contributed by atoms with Gasteiger partial charge in [0.15, 0.2) is 0 Å². The van der Waals surface area contributed by atoms with Crippen molar-refractivity contribution in [3.63, 3.8) is 0 Å². The molecule has 1 heterocycles. The molecular formula is C12H19N3O2. The summed E-state index contributed by atoms with van der Waals surface area (Å²) >= 11 is 0. The summed E-state index contributed by atoms with van der Waals surface area (Å²) in [4.78, 5) is 15.7. The van der Waals surface area contributed by atoms with Crippen molar-refractivity contribution in [3.05, 3.63) is 24.0 Å². The van der Waals surface area contributed by atoms with Crippen molar-refractivity contribution in [2.75, 3.05) is 12.3 Å². The molecule has 0 fully saturated rings. The van der Waals surface area contributed by atoms with Crippen LogP contribution in [-0.4, -0.2) is 28.6 Å². The molecule has 1 rings (SSSR count). The third-order valence-corrected chi connectivity index (χ3v) is 2.54. The van der Waals surface area contributed by atoms with Gasteiger partial charge in [-0.2, -0.15) is 0 Å². The van der Waals surface area contributed by atoms with E-state index in [0.717, 1.165) is 0 Å². The number of pyridine rings is 1. The van der Waals surface area contributed by atoms with Crippen LogP contribution in [0.1, 0.15) is 19.5 Å². The van der Waals surface area contributed by atoms with Gasteiger partial charge in [0, 0.05) is 5.69 Å². The van der Waals surface area contributed by atoms with E-state index < -0.39 is 0 Å². The van der Waals surface area contributed by atoms with Crippen molar-refractivity contribution >= 4 is 11.6 Å². The Balaban J connectivity index is 2.52. The SMILES string of the molecule is CC(C)[C@@H](CO)NC(=O)Cc1ccc(N)cn1. The van der Waals surface area contributed by atoms with E-state index in [1.807, 2.05) is 13.8 Å². The predicted octanol–water partition coefficient (Wildman–Crippen LogP) is 0.339. The summed E-state index contributed by atoms with van der Waals surface area (Å²) < 4.78 is 0.